The molecule has 1 N–H and O–H groups in total. The lowest BCUT2D eigenvalue weighted by Gasteiger charge is -2.11. The van der Waals surface area contributed by atoms with Gasteiger partial charge in [-0.1, -0.05) is 24.0 Å². The van der Waals surface area contributed by atoms with Crippen LogP contribution in [0.5, 0.6) is 0 Å². The number of amides is 1. The van der Waals surface area contributed by atoms with Crippen LogP contribution in [0.4, 0.5) is 0 Å². The lowest BCUT2D eigenvalue weighted by atomic mass is 10.1. The molecule has 146 valence electrons. The monoisotopic (exact) mass is 387 g/mol. The average Bonchev–Trinajstić information content (AvgIpc) is 2.71. The van der Waals surface area contributed by atoms with Crippen molar-refractivity contribution in [2.75, 3.05) is 6.54 Å². The van der Waals surface area contributed by atoms with Gasteiger partial charge in [0.25, 0.3) is 5.91 Å². The highest BCUT2D eigenvalue weighted by atomic mass is 16.2. The zero-order valence-corrected chi connectivity index (χ0v) is 16.6. The number of Topliss-reactive ketones (excluding diaryl/α,β-unsaturated/α-hetero) is 1. The van der Waals surface area contributed by atoms with E-state index < -0.39 is 5.91 Å². The van der Waals surface area contributed by atoms with Gasteiger partial charge in [-0.2, -0.15) is 0 Å². The molecule has 0 saturated heterocycles. The molecular formula is C23H21N3O3. The molecule has 0 bridgehead atoms. The zero-order valence-electron chi connectivity index (χ0n) is 16.6. The SMILES string of the molecule is CCn1cc(C(=O)NCC#Cc2ccc(C(C)=O)cc2)c(=O)c2ccc(C)nc21. The van der Waals surface area contributed by atoms with E-state index in [0.717, 1.165) is 11.3 Å². The standard InChI is InChI=1S/C23H21N3O3/c1-4-26-14-20(21(28)19-12-7-15(2)25-22(19)26)23(29)24-13-5-6-17-8-10-18(11-9-17)16(3)27/h7-12,14H,4,13H2,1-3H3,(H,24,29). The molecule has 0 spiro atoms. The van der Waals surface area contributed by atoms with Crippen LogP contribution in [0.3, 0.4) is 0 Å². The third-order valence-electron chi connectivity index (χ3n) is 4.51. The number of rotatable bonds is 4. The fraction of sp³-hybridized carbons (Fsp3) is 0.217. The van der Waals surface area contributed by atoms with Crippen molar-refractivity contribution < 1.29 is 9.59 Å². The van der Waals surface area contributed by atoms with Crippen LogP contribution >= 0.6 is 0 Å². The molecule has 0 atom stereocenters. The molecule has 0 unspecified atom stereocenters. The summed E-state index contributed by atoms with van der Waals surface area (Å²) in [7, 11) is 0. The van der Waals surface area contributed by atoms with Crippen LogP contribution in [0.25, 0.3) is 11.0 Å². The van der Waals surface area contributed by atoms with E-state index >= 15 is 0 Å². The van der Waals surface area contributed by atoms with Crippen molar-refractivity contribution >= 4 is 22.7 Å². The summed E-state index contributed by atoms with van der Waals surface area (Å²) in [6.07, 6.45) is 1.54. The van der Waals surface area contributed by atoms with Crippen molar-refractivity contribution in [1.29, 1.82) is 0 Å². The Labute approximate surface area is 168 Å². The fourth-order valence-corrected chi connectivity index (χ4v) is 2.92. The summed E-state index contributed by atoms with van der Waals surface area (Å²) in [6.45, 7) is 5.98. The lowest BCUT2D eigenvalue weighted by molar-refractivity contribution is 0.0956. The van der Waals surface area contributed by atoms with Crippen molar-refractivity contribution in [2.24, 2.45) is 0 Å². The number of carbonyl (C=O) groups is 2. The number of nitrogens with one attached hydrogen (secondary N) is 1. The summed E-state index contributed by atoms with van der Waals surface area (Å²) >= 11 is 0. The largest absolute Gasteiger partial charge is 0.341 e. The molecule has 0 fully saturated rings. The summed E-state index contributed by atoms with van der Waals surface area (Å²) in [5, 5.41) is 3.08. The Hall–Kier alpha value is -3.72. The van der Waals surface area contributed by atoms with Gasteiger partial charge >= 0.3 is 0 Å². The van der Waals surface area contributed by atoms with Gasteiger partial charge in [-0.3, -0.25) is 14.4 Å². The van der Waals surface area contributed by atoms with Crippen LogP contribution < -0.4 is 10.7 Å². The molecule has 2 heterocycles. The van der Waals surface area contributed by atoms with E-state index in [9.17, 15) is 14.4 Å². The van der Waals surface area contributed by atoms with Crippen molar-refractivity contribution in [3.8, 4) is 11.8 Å². The van der Waals surface area contributed by atoms with E-state index in [-0.39, 0.29) is 23.3 Å². The van der Waals surface area contributed by atoms with E-state index in [4.69, 9.17) is 0 Å². The van der Waals surface area contributed by atoms with Gasteiger partial charge in [0.1, 0.15) is 11.2 Å². The number of aromatic nitrogens is 2. The number of pyridine rings is 2. The Morgan fingerprint density at radius 1 is 1.14 bits per heavy atom. The maximum atomic E-state index is 12.7. The maximum absolute atomic E-state index is 12.7. The molecule has 0 saturated carbocycles. The normalized spacial score (nSPS) is 10.3. The molecule has 3 aromatic rings. The molecule has 0 radical (unpaired) electrons. The number of hydrogen-bond donors (Lipinski definition) is 1. The molecule has 0 aliphatic carbocycles. The second kappa shape index (κ2) is 8.53. The number of hydrogen-bond acceptors (Lipinski definition) is 4. The van der Waals surface area contributed by atoms with Crippen LogP contribution in [0.1, 0.15) is 45.8 Å². The molecule has 29 heavy (non-hydrogen) atoms. The van der Waals surface area contributed by atoms with Crippen LogP contribution in [0.15, 0.2) is 47.4 Å². The topological polar surface area (TPSA) is 81.1 Å². The molecule has 6 heteroatoms. The van der Waals surface area contributed by atoms with E-state index in [2.05, 4.69) is 22.1 Å². The number of nitrogens with zero attached hydrogens (tertiary/aromatic N) is 2. The smallest absolute Gasteiger partial charge is 0.257 e. The highest BCUT2D eigenvalue weighted by molar-refractivity contribution is 5.97. The Morgan fingerprint density at radius 2 is 1.86 bits per heavy atom. The number of carbonyl (C=O) groups excluding carboxylic acids is 2. The van der Waals surface area contributed by atoms with Gasteiger partial charge in [-0.15, -0.1) is 0 Å². The van der Waals surface area contributed by atoms with Crippen molar-refractivity contribution in [1.82, 2.24) is 14.9 Å². The maximum Gasteiger partial charge on any atom is 0.257 e. The molecule has 1 aromatic carbocycles. The second-order valence-electron chi connectivity index (χ2n) is 6.60. The van der Waals surface area contributed by atoms with Crippen LogP contribution in [-0.4, -0.2) is 27.8 Å². The Kier molecular flexibility index (Phi) is 5.89. The predicted octanol–water partition coefficient (Wildman–Crippen LogP) is 2.71. The Balaban J connectivity index is 1.77. The van der Waals surface area contributed by atoms with Crippen LogP contribution in [-0.2, 0) is 6.54 Å². The van der Waals surface area contributed by atoms with Crippen molar-refractivity contribution in [3.05, 3.63) is 75.2 Å². The minimum atomic E-state index is -0.471. The molecule has 1 amide bonds. The minimum Gasteiger partial charge on any atom is -0.341 e. The number of benzene rings is 1. The fourth-order valence-electron chi connectivity index (χ4n) is 2.92. The first-order valence-electron chi connectivity index (χ1n) is 9.29. The first-order valence-corrected chi connectivity index (χ1v) is 9.29. The summed E-state index contributed by atoms with van der Waals surface area (Å²) < 4.78 is 1.79. The van der Waals surface area contributed by atoms with Gasteiger partial charge in [-0.25, -0.2) is 4.98 Å². The number of ketones is 1. The predicted molar refractivity (Wildman–Crippen MR) is 112 cm³/mol. The highest BCUT2D eigenvalue weighted by Gasteiger charge is 2.15. The van der Waals surface area contributed by atoms with Gasteiger partial charge in [0.05, 0.1) is 11.9 Å². The van der Waals surface area contributed by atoms with Gasteiger partial charge in [0.2, 0.25) is 5.43 Å². The Bertz CT molecular complexity index is 1210. The quantitative estimate of drug-likeness (QED) is 0.551. The summed E-state index contributed by atoms with van der Waals surface area (Å²) in [6, 6.07) is 10.4. The first-order chi connectivity index (χ1) is 13.9. The van der Waals surface area contributed by atoms with E-state index in [1.807, 2.05) is 13.8 Å². The molecule has 3 rings (SSSR count). The molecule has 6 nitrogen and oxygen atoms in total. The van der Waals surface area contributed by atoms with E-state index in [1.54, 1.807) is 47.2 Å². The summed E-state index contributed by atoms with van der Waals surface area (Å²) in [5.74, 6) is 5.30. The molecule has 2 aromatic heterocycles. The molecule has 0 aliphatic rings. The minimum absolute atomic E-state index is 0.00439. The highest BCUT2D eigenvalue weighted by Crippen LogP contribution is 2.11. The molecule has 0 aliphatic heterocycles. The average molecular weight is 387 g/mol. The van der Waals surface area contributed by atoms with Gasteiger partial charge < -0.3 is 9.88 Å². The third-order valence-corrected chi connectivity index (χ3v) is 4.51. The lowest BCUT2D eigenvalue weighted by Crippen LogP contribution is -2.30. The van der Waals surface area contributed by atoms with E-state index in [0.29, 0.717) is 23.1 Å². The van der Waals surface area contributed by atoms with Crippen LogP contribution in [0.2, 0.25) is 0 Å². The van der Waals surface area contributed by atoms with Crippen molar-refractivity contribution in [2.45, 2.75) is 27.3 Å². The van der Waals surface area contributed by atoms with Crippen LogP contribution in [0, 0.1) is 18.8 Å². The third kappa shape index (κ3) is 4.41. The van der Waals surface area contributed by atoms with E-state index in [1.165, 1.54) is 6.92 Å². The molecular weight excluding hydrogens is 366 g/mol. The number of aryl methyl sites for hydroxylation is 2. The van der Waals surface area contributed by atoms with Crippen molar-refractivity contribution in [3.63, 3.8) is 0 Å². The zero-order chi connectivity index (χ0) is 21.0. The van der Waals surface area contributed by atoms with Gasteiger partial charge in [-0.05, 0) is 45.0 Å². The summed E-state index contributed by atoms with van der Waals surface area (Å²) in [4.78, 5) is 40.9. The Morgan fingerprint density at radius 3 is 2.52 bits per heavy atom. The summed E-state index contributed by atoms with van der Waals surface area (Å²) in [5.41, 5.74) is 2.47. The first kappa shape index (κ1) is 20.0. The van der Waals surface area contributed by atoms with Gasteiger partial charge in [0.15, 0.2) is 5.78 Å². The van der Waals surface area contributed by atoms with Gasteiger partial charge in [0, 0.05) is 29.6 Å². The second-order valence-corrected chi connectivity index (χ2v) is 6.60. The number of fused-ring (bicyclic) bond motifs is 1.